The van der Waals surface area contributed by atoms with E-state index in [9.17, 15) is 4.79 Å². The maximum absolute atomic E-state index is 11.7. The number of aryl methyl sites for hydroxylation is 1. The van der Waals surface area contributed by atoms with Crippen molar-refractivity contribution < 1.29 is 9.21 Å². The second kappa shape index (κ2) is 8.78. The first-order valence-electron chi connectivity index (χ1n) is 7.93. The van der Waals surface area contributed by atoms with Crippen LogP contribution < -0.4 is 10.3 Å². The molecule has 1 amide bonds. The Morgan fingerprint density at radius 2 is 1.91 bits per heavy atom. The third-order valence-electron chi connectivity index (χ3n) is 3.55. The van der Waals surface area contributed by atoms with E-state index in [1.165, 1.54) is 6.21 Å². The number of hydrazone groups is 1. The summed E-state index contributed by atoms with van der Waals surface area (Å²) in [6.07, 6.45) is 2.63. The second-order valence-corrected chi connectivity index (χ2v) is 5.13. The number of nitrogens with one attached hydrogen (secondary N) is 1. The minimum Gasteiger partial charge on any atom is -0.440 e. The van der Waals surface area contributed by atoms with Crippen LogP contribution in [0.2, 0.25) is 0 Å². The van der Waals surface area contributed by atoms with Crippen molar-refractivity contribution in [3.8, 4) is 0 Å². The fraction of sp³-hybridized carbons (Fsp3) is 0.333. The molecule has 1 heterocycles. The molecule has 1 aromatic heterocycles. The van der Waals surface area contributed by atoms with Crippen molar-refractivity contribution in [1.29, 1.82) is 0 Å². The van der Waals surface area contributed by atoms with Crippen LogP contribution in [0.5, 0.6) is 0 Å². The maximum Gasteiger partial charge on any atom is 0.240 e. The lowest BCUT2D eigenvalue weighted by Crippen LogP contribution is -2.20. The highest BCUT2D eigenvalue weighted by Crippen LogP contribution is 2.16. The van der Waals surface area contributed by atoms with Crippen LogP contribution in [-0.4, -0.2) is 25.2 Å². The Morgan fingerprint density at radius 1 is 1.17 bits per heavy atom. The molecule has 2 rings (SSSR count). The van der Waals surface area contributed by atoms with Crippen molar-refractivity contribution in [2.24, 2.45) is 5.10 Å². The first kappa shape index (κ1) is 16.8. The van der Waals surface area contributed by atoms with Gasteiger partial charge < -0.3 is 9.32 Å². The number of furan rings is 1. The maximum atomic E-state index is 11.7. The summed E-state index contributed by atoms with van der Waals surface area (Å²) in [6.45, 7) is 5.92. The lowest BCUT2D eigenvalue weighted by molar-refractivity contribution is -0.121. The van der Waals surface area contributed by atoms with Crippen molar-refractivity contribution in [2.75, 3.05) is 18.0 Å². The van der Waals surface area contributed by atoms with Crippen LogP contribution in [0.25, 0.3) is 0 Å². The first-order chi connectivity index (χ1) is 11.2. The fourth-order valence-corrected chi connectivity index (χ4v) is 2.24. The number of anilines is 1. The van der Waals surface area contributed by atoms with E-state index >= 15 is 0 Å². The Labute approximate surface area is 137 Å². The molecule has 5 heteroatoms. The fourth-order valence-electron chi connectivity index (χ4n) is 2.24. The van der Waals surface area contributed by atoms with Gasteiger partial charge in [-0.25, -0.2) is 5.43 Å². The zero-order chi connectivity index (χ0) is 16.5. The average Bonchev–Trinajstić information content (AvgIpc) is 3.04. The number of amides is 1. The number of carbonyl (C=O) groups is 1. The molecule has 1 N–H and O–H groups in total. The van der Waals surface area contributed by atoms with Gasteiger partial charge in [0.2, 0.25) is 5.91 Å². The molecule has 0 saturated heterocycles. The Balaban J connectivity index is 1.78. The van der Waals surface area contributed by atoms with Gasteiger partial charge in [-0.3, -0.25) is 4.79 Å². The van der Waals surface area contributed by atoms with Gasteiger partial charge in [0, 0.05) is 25.6 Å². The molecule has 23 heavy (non-hydrogen) atoms. The molecule has 0 unspecified atom stereocenters. The Bertz CT molecular complexity index is 631. The number of rotatable bonds is 8. The first-order valence-corrected chi connectivity index (χ1v) is 7.93. The molecule has 0 fully saturated rings. The molecule has 0 radical (unpaired) electrons. The van der Waals surface area contributed by atoms with Crippen molar-refractivity contribution in [3.63, 3.8) is 0 Å². The van der Waals surface area contributed by atoms with Crippen LogP contribution >= 0.6 is 0 Å². The summed E-state index contributed by atoms with van der Waals surface area (Å²) < 4.78 is 5.66. The molecular weight excluding hydrogens is 290 g/mol. The van der Waals surface area contributed by atoms with Gasteiger partial charge >= 0.3 is 0 Å². The minimum absolute atomic E-state index is 0.111. The summed E-state index contributed by atoms with van der Waals surface area (Å²) in [7, 11) is 0. The largest absolute Gasteiger partial charge is 0.440 e. The van der Waals surface area contributed by atoms with Gasteiger partial charge in [0.1, 0.15) is 5.76 Å². The molecule has 0 spiro atoms. The standard InChI is InChI=1S/C18H23N3O2/c1-3-21(4-2)18-13-11-16(23-18)14-19-20-17(22)12-10-15-8-6-5-7-9-15/h5-9,11,13-14H,3-4,10,12H2,1-2H3,(H,20,22)/b19-14-. The summed E-state index contributed by atoms with van der Waals surface area (Å²) >= 11 is 0. The SMILES string of the molecule is CCN(CC)c1ccc(/C=N\NC(=O)CCc2ccccc2)o1. The molecule has 5 nitrogen and oxygen atoms in total. The molecule has 0 aliphatic rings. The van der Waals surface area contributed by atoms with Crippen LogP contribution in [0.15, 0.2) is 52.0 Å². The van der Waals surface area contributed by atoms with E-state index in [-0.39, 0.29) is 5.91 Å². The van der Waals surface area contributed by atoms with Crippen molar-refractivity contribution in [3.05, 3.63) is 53.8 Å². The smallest absolute Gasteiger partial charge is 0.240 e. The monoisotopic (exact) mass is 313 g/mol. The Morgan fingerprint density at radius 3 is 2.61 bits per heavy atom. The van der Waals surface area contributed by atoms with Crippen LogP contribution in [0.3, 0.4) is 0 Å². The number of nitrogens with zero attached hydrogens (tertiary/aromatic N) is 2. The van der Waals surface area contributed by atoms with E-state index in [2.05, 4.69) is 29.3 Å². The van der Waals surface area contributed by atoms with Crippen molar-refractivity contribution >= 4 is 18.0 Å². The van der Waals surface area contributed by atoms with Crippen LogP contribution in [-0.2, 0) is 11.2 Å². The lowest BCUT2D eigenvalue weighted by Gasteiger charge is -2.16. The molecule has 0 bridgehead atoms. The Hall–Kier alpha value is -2.56. The third kappa shape index (κ3) is 5.29. The summed E-state index contributed by atoms with van der Waals surface area (Å²) in [4.78, 5) is 13.9. The highest BCUT2D eigenvalue weighted by Gasteiger charge is 2.06. The minimum atomic E-state index is -0.111. The molecule has 0 aliphatic heterocycles. The molecule has 0 atom stereocenters. The van der Waals surface area contributed by atoms with Crippen LogP contribution in [0.4, 0.5) is 5.88 Å². The van der Waals surface area contributed by atoms with E-state index in [1.807, 2.05) is 42.5 Å². The normalized spacial score (nSPS) is 10.9. The quantitative estimate of drug-likeness (QED) is 0.601. The average molecular weight is 313 g/mol. The van der Waals surface area contributed by atoms with Gasteiger partial charge in [0.25, 0.3) is 0 Å². The van der Waals surface area contributed by atoms with Gasteiger partial charge in [-0.15, -0.1) is 0 Å². The predicted octanol–water partition coefficient (Wildman–Crippen LogP) is 3.21. The Kier molecular flexibility index (Phi) is 6.41. The zero-order valence-electron chi connectivity index (χ0n) is 13.7. The number of benzene rings is 1. The van der Waals surface area contributed by atoms with Gasteiger partial charge in [0.15, 0.2) is 5.88 Å². The summed E-state index contributed by atoms with van der Waals surface area (Å²) in [6, 6.07) is 13.7. The van der Waals surface area contributed by atoms with E-state index in [1.54, 1.807) is 0 Å². The van der Waals surface area contributed by atoms with E-state index < -0.39 is 0 Å². The number of hydrogen-bond donors (Lipinski definition) is 1. The third-order valence-corrected chi connectivity index (χ3v) is 3.55. The summed E-state index contributed by atoms with van der Waals surface area (Å²) in [5.74, 6) is 1.32. The number of hydrogen-bond acceptors (Lipinski definition) is 4. The molecule has 0 saturated carbocycles. The topological polar surface area (TPSA) is 57.8 Å². The lowest BCUT2D eigenvalue weighted by atomic mass is 10.1. The predicted molar refractivity (Wildman–Crippen MR) is 92.8 cm³/mol. The van der Waals surface area contributed by atoms with Gasteiger partial charge in [0.05, 0.1) is 6.21 Å². The molecule has 2 aromatic rings. The van der Waals surface area contributed by atoms with Gasteiger partial charge in [-0.05, 0) is 31.9 Å². The van der Waals surface area contributed by atoms with Gasteiger partial charge in [-0.1, -0.05) is 30.3 Å². The van der Waals surface area contributed by atoms with Crippen molar-refractivity contribution in [1.82, 2.24) is 5.43 Å². The van der Waals surface area contributed by atoms with Gasteiger partial charge in [-0.2, -0.15) is 5.10 Å². The highest BCUT2D eigenvalue weighted by atomic mass is 16.4. The zero-order valence-corrected chi connectivity index (χ0v) is 13.7. The molecule has 122 valence electrons. The van der Waals surface area contributed by atoms with E-state index in [0.717, 1.165) is 24.5 Å². The second-order valence-electron chi connectivity index (χ2n) is 5.13. The summed E-state index contributed by atoms with van der Waals surface area (Å²) in [5, 5.41) is 3.94. The van der Waals surface area contributed by atoms with Crippen LogP contribution in [0.1, 0.15) is 31.6 Å². The molecule has 0 aliphatic carbocycles. The van der Waals surface area contributed by atoms with E-state index in [0.29, 0.717) is 18.6 Å². The number of carbonyl (C=O) groups excluding carboxylic acids is 1. The summed E-state index contributed by atoms with van der Waals surface area (Å²) in [5.41, 5.74) is 3.67. The van der Waals surface area contributed by atoms with Crippen LogP contribution in [0, 0.1) is 0 Å². The van der Waals surface area contributed by atoms with E-state index in [4.69, 9.17) is 4.42 Å². The molecule has 1 aromatic carbocycles. The highest BCUT2D eigenvalue weighted by molar-refractivity contribution is 5.80. The molecular formula is C18H23N3O2. The van der Waals surface area contributed by atoms with Crippen molar-refractivity contribution in [2.45, 2.75) is 26.7 Å².